The molecular weight excluding hydrogens is 386 g/mol. The largest absolute Gasteiger partial charge is 0.300 e. The van der Waals surface area contributed by atoms with Gasteiger partial charge in [-0.3, -0.25) is 4.79 Å². The van der Waals surface area contributed by atoms with Crippen molar-refractivity contribution in [3.8, 4) is 0 Å². The number of carbonyl (C=O) groups excluding carboxylic acids is 1. The number of hydrogen-bond acceptors (Lipinski definition) is 7. The van der Waals surface area contributed by atoms with Gasteiger partial charge in [-0.05, 0) is 38.8 Å². The zero-order valence-electron chi connectivity index (χ0n) is 16.6. The van der Waals surface area contributed by atoms with Crippen molar-refractivity contribution >= 4 is 32.4 Å². The first-order chi connectivity index (χ1) is 12.6. The van der Waals surface area contributed by atoms with Gasteiger partial charge in [-0.2, -0.15) is 0 Å². The maximum Gasteiger partial charge on any atom is 0.269 e. The van der Waals surface area contributed by atoms with E-state index in [0.717, 1.165) is 37.3 Å². The van der Waals surface area contributed by atoms with E-state index in [2.05, 4.69) is 32.1 Å². The topological polar surface area (TPSA) is 104 Å². The number of rotatable bonds is 8. The molecule has 1 atom stereocenters. The molecule has 1 saturated heterocycles. The zero-order chi connectivity index (χ0) is 20.1. The summed E-state index contributed by atoms with van der Waals surface area (Å²) in [6.07, 6.45) is 5.63. The minimum atomic E-state index is -3.71. The van der Waals surface area contributed by atoms with E-state index in [9.17, 15) is 13.2 Å². The van der Waals surface area contributed by atoms with Crippen LogP contribution in [0.3, 0.4) is 0 Å². The monoisotopic (exact) mass is 417 g/mol. The maximum atomic E-state index is 12.4. The van der Waals surface area contributed by atoms with Gasteiger partial charge < -0.3 is 10.2 Å². The summed E-state index contributed by atoms with van der Waals surface area (Å²) in [5.74, 6) is -0.234. The smallest absolute Gasteiger partial charge is 0.269 e. The second-order valence-electron chi connectivity index (χ2n) is 7.92. The lowest BCUT2D eigenvalue weighted by Crippen LogP contribution is -2.40. The van der Waals surface area contributed by atoms with E-state index in [1.807, 2.05) is 0 Å². The molecule has 0 spiro atoms. The molecule has 0 aliphatic carbocycles. The van der Waals surface area contributed by atoms with Crippen LogP contribution in [0.2, 0.25) is 0 Å². The van der Waals surface area contributed by atoms with Crippen LogP contribution in [0.1, 0.15) is 59.8 Å². The number of nitrogens with zero attached hydrogens (tertiary/aromatic N) is 3. The van der Waals surface area contributed by atoms with Crippen molar-refractivity contribution in [1.82, 2.24) is 19.8 Å². The summed E-state index contributed by atoms with van der Waals surface area (Å²) in [5.41, 5.74) is -0.590. The van der Waals surface area contributed by atoms with E-state index >= 15 is 0 Å². The summed E-state index contributed by atoms with van der Waals surface area (Å²) in [6.45, 7) is 9.87. The van der Waals surface area contributed by atoms with Gasteiger partial charge in [0.2, 0.25) is 15.4 Å². The van der Waals surface area contributed by atoms with Crippen LogP contribution in [-0.2, 0) is 14.8 Å². The fourth-order valence-corrected chi connectivity index (χ4v) is 5.03. The van der Waals surface area contributed by atoms with Gasteiger partial charge in [0.15, 0.2) is 0 Å². The number of piperidine rings is 1. The number of hydrogen-bond donors (Lipinski definition) is 2. The molecule has 2 N–H and O–H groups in total. The molecular formula is C17H31N5O3S2. The first-order valence-corrected chi connectivity index (χ1v) is 11.8. The van der Waals surface area contributed by atoms with Crippen LogP contribution >= 0.6 is 11.3 Å². The van der Waals surface area contributed by atoms with Gasteiger partial charge in [-0.15, -0.1) is 10.2 Å². The van der Waals surface area contributed by atoms with Crippen molar-refractivity contribution in [2.45, 2.75) is 70.2 Å². The Labute approximate surface area is 166 Å². The number of amides is 1. The first kappa shape index (κ1) is 22.2. The minimum absolute atomic E-state index is 0.129. The molecule has 10 heteroatoms. The van der Waals surface area contributed by atoms with Crippen LogP contribution in [0.15, 0.2) is 4.34 Å². The predicted octanol–water partition coefficient (Wildman–Crippen LogP) is 2.46. The fourth-order valence-electron chi connectivity index (χ4n) is 3.02. The molecule has 154 valence electrons. The normalized spacial score (nSPS) is 19.2. The Bertz CT molecular complexity index is 727. The van der Waals surface area contributed by atoms with Crippen LogP contribution < -0.4 is 10.0 Å². The SMILES string of the molecule is CCC1CCCCN1CCCNS(=O)(=O)c1nnc(NC(=O)C(C)(C)C)s1. The number of likely N-dealkylation sites (tertiary alicyclic amines) is 1. The zero-order valence-corrected chi connectivity index (χ0v) is 18.3. The number of sulfonamides is 1. The molecule has 8 nitrogen and oxygen atoms in total. The van der Waals surface area contributed by atoms with Gasteiger partial charge in [0, 0.05) is 18.0 Å². The summed E-state index contributed by atoms with van der Waals surface area (Å²) in [5, 5.41) is 10.3. The molecule has 0 aromatic carbocycles. The second-order valence-corrected chi connectivity index (χ2v) is 10.8. The Morgan fingerprint density at radius 1 is 1.30 bits per heavy atom. The second kappa shape index (κ2) is 9.40. The standard InChI is InChI=1S/C17H31N5O3S2/c1-5-13-9-6-7-11-22(13)12-8-10-18-27(24,25)16-21-20-15(26-16)19-14(23)17(2,3)4/h13,18H,5-12H2,1-4H3,(H,19,20,23). The van der Waals surface area contributed by atoms with Gasteiger partial charge in [-0.25, -0.2) is 13.1 Å². The van der Waals surface area contributed by atoms with E-state index in [0.29, 0.717) is 12.6 Å². The maximum absolute atomic E-state index is 12.4. The highest BCUT2D eigenvalue weighted by Crippen LogP contribution is 2.23. The lowest BCUT2D eigenvalue weighted by atomic mass is 9.96. The average Bonchev–Trinajstić information content (AvgIpc) is 3.07. The molecule has 0 bridgehead atoms. The number of aromatic nitrogens is 2. The number of nitrogens with one attached hydrogen (secondary N) is 2. The molecule has 1 fully saturated rings. The highest BCUT2D eigenvalue weighted by atomic mass is 32.2. The third kappa shape index (κ3) is 6.48. The summed E-state index contributed by atoms with van der Waals surface area (Å²) in [4.78, 5) is 14.4. The van der Waals surface area contributed by atoms with Gasteiger partial charge in [0.25, 0.3) is 10.0 Å². The Kier molecular flexibility index (Phi) is 7.73. The summed E-state index contributed by atoms with van der Waals surface area (Å²) < 4.78 is 27.2. The van der Waals surface area contributed by atoms with Crippen molar-refractivity contribution in [3.63, 3.8) is 0 Å². The van der Waals surface area contributed by atoms with Crippen LogP contribution in [0.25, 0.3) is 0 Å². The molecule has 1 aliphatic rings. The molecule has 27 heavy (non-hydrogen) atoms. The lowest BCUT2D eigenvalue weighted by Gasteiger charge is -2.35. The minimum Gasteiger partial charge on any atom is -0.300 e. The summed E-state index contributed by atoms with van der Waals surface area (Å²) in [6, 6.07) is 0.618. The molecule has 1 aromatic heterocycles. The molecule has 0 saturated carbocycles. The number of anilines is 1. The Balaban J connectivity index is 1.83. The molecule has 2 heterocycles. The van der Waals surface area contributed by atoms with E-state index in [4.69, 9.17) is 0 Å². The van der Waals surface area contributed by atoms with Crippen LogP contribution in [-0.4, -0.2) is 55.1 Å². The van der Waals surface area contributed by atoms with Crippen LogP contribution in [0.4, 0.5) is 5.13 Å². The number of carbonyl (C=O) groups is 1. The third-order valence-corrected chi connectivity index (χ3v) is 7.34. The Hall–Kier alpha value is -1.10. The van der Waals surface area contributed by atoms with Crippen molar-refractivity contribution in [1.29, 1.82) is 0 Å². The van der Waals surface area contributed by atoms with E-state index in [1.165, 1.54) is 19.3 Å². The highest BCUT2D eigenvalue weighted by molar-refractivity contribution is 7.91. The Morgan fingerprint density at radius 2 is 2.04 bits per heavy atom. The average molecular weight is 418 g/mol. The third-order valence-electron chi connectivity index (χ3n) is 4.67. The van der Waals surface area contributed by atoms with Gasteiger partial charge >= 0.3 is 0 Å². The molecule has 1 unspecified atom stereocenters. The van der Waals surface area contributed by atoms with Gasteiger partial charge in [0.1, 0.15) is 0 Å². The quantitative estimate of drug-likeness (QED) is 0.497. The molecule has 2 rings (SSSR count). The highest BCUT2D eigenvalue weighted by Gasteiger charge is 2.25. The predicted molar refractivity (Wildman–Crippen MR) is 107 cm³/mol. The summed E-state index contributed by atoms with van der Waals surface area (Å²) in [7, 11) is -3.71. The van der Waals surface area contributed by atoms with Crippen molar-refractivity contribution in [2.24, 2.45) is 5.41 Å². The Morgan fingerprint density at radius 3 is 2.70 bits per heavy atom. The van der Waals surface area contributed by atoms with Crippen LogP contribution in [0.5, 0.6) is 0 Å². The van der Waals surface area contributed by atoms with Crippen molar-refractivity contribution in [3.05, 3.63) is 0 Å². The van der Waals surface area contributed by atoms with Crippen LogP contribution in [0, 0.1) is 5.41 Å². The molecule has 0 radical (unpaired) electrons. The first-order valence-electron chi connectivity index (χ1n) is 9.52. The molecule has 1 aromatic rings. The van der Waals surface area contributed by atoms with Gasteiger partial charge in [-0.1, -0.05) is 45.5 Å². The molecule has 1 aliphatic heterocycles. The van der Waals surface area contributed by atoms with Gasteiger partial charge in [0.05, 0.1) is 0 Å². The van der Waals surface area contributed by atoms with E-state index in [-0.39, 0.29) is 15.4 Å². The summed E-state index contributed by atoms with van der Waals surface area (Å²) >= 11 is 0.859. The van der Waals surface area contributed by atoms with E-state index < -0.39 is 15.4 Å². The lowest BCUT2D eigenvalue weighted by molar-refractivity contribution is -0.123. The van der Waals surface area contributed by atoms with Crippen molar-refractivity contribution in [2.75, 3.05) is 25.0 Å². The van der Waals surface area contributed by atoms with Crippen molar-refractivity contribution < 1.29 is 13.2 Å². The molecule has 1 amide bonds. The fraction of sp³-hybridized carbons (Fsp3) is 0.824. The van der Waals surface area contributed by atoms with E-state index in [1.54, 1.807) is 20.8 Å².